The standard InChI is InChI=1S/C16H17N3OS/c1-10-11(2)21-16(18-10)19-13(8-17)15(14(19)9-20)12-6-4-3-5-7-12/h3-7,13-15,20H,9H2,1-2H3/t13-,14-,15+/m1/s1. The Balaban J connectivity index is 1.95. The second-order valence-electron chi connectivity index (χ2n) is 5.31. The van der Waals surface area contributed by atoms with E-state index in [1.807, 2.05) is 49.1 Å². The maximum absolute atomic E-state index is 9.76. The molecule has 4 nitrogen and oxygen atoms in total. The lowest BCUT2D eigenvalue weighted by molar-refractivity contribution is 0.187. The second kappa shape index (κ2) is 5.47. The Labute approximate surface area is 128 Å². The third-order valence-corrected chi connectivity index (χ3v) is 5.24. The molecule has 1 aliphatic rings. The Morgan fingerprint density at radius 1 is 1.33 bits per heavy atom. The van der Waals surface area contributed by atoms with E-state index in [2.05, 4.69) is 11.1 Å². The normalized spacial score (nSPS) is 24.5. The van der Waals surface area contributed by atoms with E-state index in [0.29, 0.717) is 0 Å². The van der Waals surface area contributed by atoms with E-state index < -0.39 is 0 Å². The first-order valence-corrected chi connectivity index (χ1v) is 7.76. The summed E-state index contributed by atoms with van der Waals surface area (Å²) in [6.07, 6.45) is 0. The highest BCUT2D eigenvalue weighted by Gasteiger charge is 2.50. The van der Waals surface area contributed by atoms with Crippen LogP contribution in [0.25, 0.3) is 0 Å². The fraction of sp³-hybridized carbons (Fsp3) is 0.375. The molecule has 0 radical (unpaired) electrons. The van der Waals surface area contributed by atoms with Crippen LogP contribution in [-0.4, -0.2) is 28.8 Å². The van der Waals surface area contributed by atoms with Crippen molar-refractivity contribution in [2.24, 2.45) is 0 Å². The molecule has 0 unspecified atom stereocenters. The van der Waals surface area contributed by atoms with Crippen molar-refractivity contribution in [2.45, 2.75) is 31.8 Å². The molecule has 21 heavy (non-hydrogen) atoms. The number of aromatic nitrogens is 1. The Morgan fingerprint density at radius 3 is 2.57 bits per heavy atom. The maximum Gasteiger partial charge on any atom is 0.187 e. The Morgan fingerprint density at radius 2 is 2.05 bits per heavy atom. The van der Waals surface area contributed by atoms with Crippen LogP contribution in [0.1, 0.15) is 22.1 Å². The van der Waals surface area contributed by atoms with E-state index >= 15 is 0 Å². The highest BCUT2D eigenvalue weighted by Crippen LogP contribution is 2.44. The highest BCUT2D eigenvalue weighted by molar-refractivity contribution is 7.15. The molecule has 0 aliphatic carbocycles. The van der Waals surface area contributed by atoms with Gasteiger partial charge < -0.3 is 10.0 Å². The number of anilines is 1. The number of thiazole rings is 1. The number of aliphatic hydroxyl groups is 1. The van der Waals surface area contributed by atoms with Gasteiger partial charge in [0.1, 0.15) is 6.04 Å². The minimum atomic E-state index is -0.269. The summed E-state index contributed by atoms with van der Waals surface area (Å²) in [4.78, 5) is 7.65. The summed E-state index contributed by atoms with van der Waals surface area (Å²) >= 11 is 1.59. The average Bonchev–Trinajstić information content (AvgIpc) is 2.79. The number of rotatable bonds is 3. The van der Waals surface area contributed by atoms with Gasteiger partial charge in [-0.2, -0.15) is 5.26 Å². The Kier molecular flexibility index (Phi) is 3.66. The van der Waals surface area contributed by atoms with Crippen molar-refractivity contribution in [3.8, 4) is 6.07 Å². The monoisotopic (exact) mass is 299 g/mol. The number of nitriles is 1. The molecule has 1 N–H and O–H groups in total. The highest BCUT2D eigenvalue weighted by atomic mass is 32.1. The van der Waals surface area contributed by atoms with Crippen LogP contribution in [0.5, 0.6) is 0 Å². The molecule has 2 heterocycles. The first-order chi connectivity index (χ1) is 10.2. The van der Waals surface area contributed by atoms with E-state index in [0.717, 1.165) is 21.3 Å². The van der Waals surface area contributed by atoms with Crippen molar-refractivity contribution in [2.75, 3.05) is 11.5 Å². The third-order valence-electron chi connectivity index (χ3n) is 4.15. The van der Waals surface area contributed by atoms with E-state index in [-0.39, 0.29) is 24.6 Å². The number of hydrogen-bond acceptors (Lipinski definition) is 5. The van der Waals surface area contributed by atoms with E-state index in [1.165, 1.54) is 0 Å². The summed E-state index contributed by atoms with van der Waals surface area (Å²) in [7, 11) is 0. The van der Waals surface area contributed by atoms with E-state index in [9.17, 15) is 10.4 Å². The fourth-order valence-corrected chi connectivity index (χ4v) is 3.92. The van der Waals surface area contributed by atoms with E-state index in [1.54, 1.807) is 11.3 Å². The van der Waals surface area contributed by atoms with Crippen LogP contribution in [0.3, 0.4) is 0 Å². The lowest BCUT2D eigenvalue weighted by Crippen LogP contribution is -2.63. The molecule has 2 aromatic rings. The SMILES string of the molecule is Cc1nc(N2[C@H](C#N)[C@H](c3ccccc3)[C@H]2CO)sc1C. The zero-order valence-electron chi connectivity index (χ0n) is 12.0. The van der Waals surface area contributed by atoms with Crippen LogP contribution in [-0.2, 0) is 0 Å². The lowest BCUT2D eigenvalue weighted by Gasteiger charge is -2.51. The molecule has 0 bridgehead atoms. The first kappa shape index (κ1) is 14.1. The van der Waals surface area contributed by atoms with Gasteiger partial charge in [-0.15, -0.1) is 11.3 Å². The molecule has 3 rings (SSSR count). The van der Waals surface area contributed by atoms with Gasteiger partial charge in [-0.3, -0.25) is 0 Å². The van der Waals surface area contributed by atoms with Crippen molar-refractivity contribution >= 4 is 16.5 Å². The number of nitrogens with zero attached hydrogens (tertiary/aromatic N) is 3. The topological polar surface area (TPSA) is 60.2 Å². The summed E-state index contributed by atoms with van der Waals surface area (Å²) in [5.41, 5.74) is 2.09. The zero-order valence-corrected chi connectivity index (χ0v) is 12.8. The number of benzene rings is 1. The largest absolute Gasteiger partial charge is 0.394 e. The molecule has 0 spiro atoms. The molecule has 1 saturated heterocycles. The van der Waals surface area contributed by atoms with Crippen molar-refractivity contribution in [3.63, 3.8) is 0 Å². The smallest absolute Gasteiger partial charge is 0.187 e. The summed E-state index contributed by atoms with van der Waals surface area (Å²) in [5.74, 6) is 0.0331. The minimum Gasteiger partial charge on any atom is -0.394 e. The van der Waals surface area contributed by atoms with Gasteiger partial charge in [-0.05, 0) is 19.4 Å². The number of hydrogen-bond donors (Lipinski definition) is 1. The van der Waals surface area contributed by atoms with Crippen molar-refractivity contribution in [1.29, 1.82) is 5.26 Å². The van der Waals surface area contributed by atoms with Crippen LogP contribution in [0.15, 0.2) is 30.3 Å². The molecule has 1 aromatic heterocycles. The van der Waals surface area contributed by atoms with E-state index in [4.69, 9.17) is 0 Å². The van der Waals surface area contributed by atoms with Crippen molar-refractivity contribution < 1.29 is 5.11 Å². The molecule has 0 saturated carbocycles. The van der Waals surface area contributed by atoms with Crippen LogP contribution < -0.4 is 4.90 Å². The van der Waals surface area contributed by atoms with Crippen molar-refractivity contribution in [3.05, 3.63) is 46.5 Å². The molecule has 108 valence electrons. The Hall–Kier alpha value is -1.90. The van der Waals surface area contributed by atoms with Gasteiger partial charge in [0.15, 0.2) is 5.13 Å². The van der Waals surface area contributed by atoms with Gasteiger partial charge >= 0.3 is 0 Å². The molecular weight excluding hydrogens is 282 g/mol. The number of aliphatic hydroxyl groups excluding tert-OH is 1. The molecule has 1 aromatic carbocycles. The third kappa shape index (κ3) is 2.21. The lowest BCUT2D eigenvalue weighted by atomic mass is 9.76. The van der Waals surface area contributed by atoms with Gasteiger partial charge in [0, 0.05) is 10.8 Å². The van der Waals surface area contributed by atoms with Crippen LogP contribution >= 0.6 is 11.3 Å². The van der Waals surface area contributed by atoms with Crippen LogP contribution in [0, 0.1) is 25.2 Å². The molecule has 5 heteroatoms. The average molecular weight is 299 g/mol. The maximum atomic E-state index is 9.76. The quantitative estimate of drug-likeness (QED) is 0.946. The molecular formula is C16H17N3OS. The van der Waals surface area contributed by atoms with Crippen LogP contribution in [0.2, 0.25) is 0 Å². The molecule has 3 atom stereocenters. The van der Waals surface area contributed by atoms with Gasteiger partial charge in [0.2, 0.25) is 0 Å². The minimum absolute atomic E-state index is 0.0232. The van der Waals surface area contributed by atoms with Gasteiger partial charge in [0.25, 0.3) is 0 Å². The predicted octanol–water partition coefficient (Wildman–Crippen LogP) is 2.62. The summed E-state index contributed by atoms with van der Waals surface area (Å²) in [6, 6.07) is 12.0. The fourth-order valence-electron chi connectivity index (χ4n) is 2.91. The first-order valence-electron chi connectivity index (χ1n) is 6.95. The van der Waals surface area contributed by atoms with Crippen molar-refractivity contribution in [1.82, 2.24) is 4.98 Å². The number of aryl methyl sites for hydroxylation is 2. The van der Waals surface area contributed by atoms with Gasteiger partial charge in [-0.25, -0.2) is 4.98 Å². The molecule has 1 aliphatic heterocycles. The molecule has 1 fully saturated rings. The summed E-state index contributed by atoms with van der Waals surface area (Å²) in [5, 5.41) is 20.1. The van der Waals surface area contributed by atoms with Gasteiger partial charge in [-0.1, -0.05) is 30.3 Å². The Bertz CT molecular complexity index is 657. The summed E-state index contributed by atoms with van der Waals surface area (Å²) < 4.78 is 0. The van der Waals surface area contributed by atoms with Crippen LogP contribution in [0.4, 0.5) is 5.13 Å². The summed E-state index contributed by atoms with van der Waals surface area (Å²) in [6.45, 7) is 4.02. The second-order valence-corrected chi connectivity index (χ2v) is 6.49. The molecule has 0 amide bonds. The zero-order chi connectivity index (χ0) is 15.0. The van der Waals surface area contributed by atoms with Gasteiger partial charge in [0.05, 0.1) is 24.4 Å². The predicted molar refractivity (Wildman–Crippen MR) is 83.5 cm³/mol.